The number of aromatic nitrogens is 2. The molecule has 162 valence electrons. The van der Waals surface area contributed by atoms with Crippen molar-refractivity contribution in [3.63, 3.8) is 0 Å². The fourth-order valence-corrected chi connectivity index (χ4v) is 5.56. The third kappa shape index (κ3) is 4.87. The number of benzene rings is 2. The second kappa shape index (κ2) is 9.84. The first-order chi connectivity index (χ1) is 15.8. The summed E-state index contributed by atoms with van der Waals surface area (Å²) in [6.07, 6.45) is 5.74. The van der Waals surface area contributed by atoms with Gasteiger partial charge in [-0.1, -0.05) is 12.5 Å². The molecule has 0 atom stereocenters. The number of rotatable bonds is 5. The molecule has 1 fully saturated rings. The smallest absolute Gasteiger partial charge is 0.0894 e. The van der Waals surface area contributed by atoms with E-state index in [1.807, 2.05) is 36.2 Å². The highest BCUT2D eigenvalue weighted by atomic mass is 32.2. The summed E-state index contributed by atoms with van der Waals surface area (Å²) in [6, 6.07) is 23.3. The summed E-state index contributed by atoms with van der Waals surface area (Å²) < 4.78 is 5.94. The second-order valence-corrected chi connectivity index (χ2v) is 9.95. The zero-order valence-electron chi connectivity index (χ0n) is 18.1. The molecule has 4 nitrogen and oxygen atoms in total. The van der Waals surface area contributed by atoms with Gasteiger partial charge in [-0.05, 0) is 110 Å². The zero-order valence-corrected chi connectivity index (χ0v) is 19.8. The summed E-state index contributed by atoms with van der Waals surface area (Å²) >= 11 is 3.60. The molecule has 0 amide bonds. The molecule has 2 aromatic heterocycles. The minimum absolute atomic E-state index is 0.916. The van der Waals surface area contributed by atoms with Crippen molar-refractivity contribution in [1.82, 2.24) is 9.97 Å². The van der Waals surface area contributed by atoms with Gasteiger partial charge in [0.1, 0.15) is 0 Å². The molecular weight excluding hydrogens is 432 g/mol. The van der Waals surface area contributed by atoms with Crippen LogP contribution in [0.2, 0.25) is 0 Å². The lowest BCUT2D eigenvalue weighted by atomic mass is 10.0. The minimum atomic E-state index is 0.916. The number of nitrogens with one attached hydrogen (secondary N) is 1. The number of fused-ring (bicyclic) bond motifs is 1. The van der Waals surface area contributed by atoms with Crippen LogP contribution in [0.3, 0.4) is 0 Å². The largest absolute Gasteiger partial charge is 0.326 e. The number of aryl methyl sites for hydroxylation is 1. The van der Waals surface area contributed by atoms with Gasteiger partial charge in [-0.25, -0.2) is 4.98 Å². The number of anilines is 2. The van der Waals surface area contributed by atoms with Crippen LogP contribution < -0.4 is 9.03 Å². The zero-order chi connectivity index (χ0) is 21.8. The predicted molar refractivity (Wildman–Crippen MR) is 139 cm³/mol. The van der Waals surface area contributed by atoms with Crippen LogP contribution in [0.25, 0.3) is 22.3 Å². The van der Waals surface area contributed by atoms with E-state index in [9.17, 15) is 0 Å². The highest BCUT2D eigenvalue weighted by Gasteiger charge is 2.11. The van der Waals surface area contributed by atoms with Gasteiger partial charge in [-0.2, -0.15) is 0 Å². The Morgan fingerprint density at radius 1 is 0.938 bits per heavy atom. The van der Waals surface area contributed by atoms with Crippen LogP contribution in [-0.4, -0.2) is 22.3 Å². The molecule has 4 aromatic rings. The lowest BCUT2D eigenvalue weighted by Crippen LogP contribution is -2.14. The Balaban J connectivity index is 1.29. The standard InChI is InChI=1S/C26H26N4S2/c1-19-7-8-20(18-23(19)24-13-14-25-26(28-24)6-5-15-27-25)29-32-22-11-9-21(10-12-22)30-16-3-2-4-17-31-30/h5-15,18,29H,2-4,16-17H2,1H3. The lowest BCUT2D eigenvalue weighted by molar-refractivity contribution is 0.751. The van der Waals surface area contributed by atoms with Gasteiger partial charge >= 0.3 is 0 Å². The van der Waals surface area contributed by atoms with Crippen molar-refractivity contribution in [1.29, 1.82) is 0 Å². The predicted octanol–water partition coefficient (Wildman–Crippen LogP) is 7.36. The van der Waals surface area contributed by atoms with Crippen molar-refractivity contribution < 1.29 is 0 Å². The monoisotopic (exact) mass is 458 g/mol. The Labute approximate surface area is 198 Å². The molecule has 5 rings (SSSR count). The van der Waals surface area contributed by atoms with Crippen LogP contribution in [0.15, 0.2) is 77.8 Å². The molecule has 3 heterocycles. The Morgan fingerprint density at radius 2 is 1.84 bits per heavy atom. The van der Waals surface area contributed by atoms with Crippen molar-refractivity contribution in [3.05, 3.63) is 78.5 Å². The van der Waals surface area contributed by atoms with E-state index in [-0.39, 0.29) is 0 Å². The lowest BCUT2D eigenvalue weighted by Gasteiger charge is -2.21. The van der Waals surface area contributed by atoms with E-state index >= 15 is 0 Å². The van der Waals surface area contributed by atoms with Crippen molar-refractivity contribution in [2.45, 2.75) is 31.1 Å². The molecule has 0 unspecified atom stereocenters. The van der Waals surface area contributed by atoms with Crippen molar-refractivity contribution in [3.8, 4) is 11.3 Å². The van der Waals surface area contributed by atoms with Crippen LogP contribution in [0.1, 0.15) is 24.8 Å². The molecule has 1 saturated heterocycles. The summed E-state index contributed by atoms with van der Waals surface area (Å²) in [5, 5.41) is 0. The van der Waals surface area contributed by atoms with Crippen LogP contribution in [-0.2, 0) is 0 Å². The van der Waals surface area contributed by atoms with Gasteiger partial charge in [0.25, 0.3) is 0 Å². The van der Waals surface area contributed by atoms with Gasteiger partial charge in [0.2, 0.25) is 0 Å². The average Bonchev–Trinajstić information content (AvgIpc) is 3.13. The van der Waals surface area contributed by atoms with E-state index in [4.69, 9.17) is 4.98 Å². The third-order valence-corrected chi connectivity index (χ3v) is 7.66. The number of pyridine rings is 2. The van der Waals surface area contributed by atoms with E-state index in [0.29, 0.717) is 0 Å². The van der Waals surface area contributed by atoms with E-state index in [0.717, 1.165) is 34.5 Å². The molecule has 6 heteroatoms. The minimum Gasteiger partial charge on any atom is -0.326 e. The van der Waals surface area contributed by atoms with Crippen LogP contribution in [0.5, 0.6) is 0 Å². The van der Waals surface area contributed by atoms with Crippen LogP contribution in [0.4, 0.5) is 11.4 Å². The summed E-state index contributed by atoms with van der Waals surface area (Å²) in [4.78, 5) is 10.4. The van der Waals surface area contributed by atoms with Gasteiger partial charge in [-0.3, -0.25) is 4.98 Å². The number of hydrogen-bond donors (Lipinski definition) is 1. The summed E-state index contributed by atoms with van der Waals surface area (Å²) in [5.74, 6) is 1.22. The van der Waals surface area contributed by atoms with Gasteiger partial charge in [0.15, 0.2) is 0 Å². The number of nitrogens with zero attached hydrogens (tertiary/aromatic N) is 3. The Bertz CT molecular complexity index is 1200. The number of hydrogen-bond acceptors (Lipinski definition) is 6. The molecule has 1 aliphatic heterocycles. The maximum Gasteiger partial charge on any atom is 0.0894 e. The summed E-state index contributed by atoms with van der Waals surface area (Å²) in [7, 11) is 0. The quantitative estimate of drug-likeness (QED) is 0.315. The van der Waals surface area contributed by atoms with Crippen molar-refractivity contribution in [2.24, 2.45) is 0 Å². The molecule has 1 N–H and O–H groups in total. The Kier molecular flexibility index (Phi) is 6.51. The maximum atomic E-state index is 4.82. The topological polar surface area (TPSA) is 41.0 Å². The van der Waals surface area contributed by atoms with Crippen molar-refractivity contribution >= 4 is 46.3 Å². The van der Waals surface area contributed by atoms with Gasteiger partial charge in [-0.15, -0.1) is 0 Å². The van der Waals surface area contributed by atoms with E-state index in [1.165, 1.54) is 41.2 Å². The van der Waals surface area contributed by atoms with E-state index < -0.39 is 0 Å². The van der Waals surface area contributed by atoms with Gasteiger partial charge in [0.05, 0.1) is 16.7 Å². The van der Waals surface area contributed by atoms with Gasteiger partial charge < -0.3 is 9.03 Å². The van der Waals surface area contributed by atoms with E-state index in [1.54, 1.807) is 18.1 Å². The fourth-order valence-electron chi connectivity index (χ4n) is 3.84. The Morgan fingerprint density at radius 3 is 2.75 bits per heavy atom. The molecule has 0 aliphatic carbocycles. The molecule has 32 heavy (non-hydrogen) atoms. The van der Waals surface area contributed by atoms with Crippen LogP contribution in [0, 0.1) is 6.92 Å². The average molecular weight is 459 g/mol. The van der Waals surface area contributed by atoms with Crippen LogP contribution >= 0.6 is 23.9 Å². The second-order valence-electron chi connectivity index (χ2n) is 7.96. The molecule has 1 aliphatic rings. The fraction of sp³-hybridized carbons (Fsp3) is 0.231. The SMILES string of the molecule is Cc1ccc(NSc2ccc(N3CCCCCS3)cc2)cc1-c1ccc2ncccc2n1. The molecular formula is C26H26N4S2. The highest BCUT2D eigenvalue weighted by molar-refractivity contribution is 8.00. The molecule has 0 radical (unpaired) electrons. The first kappa shape index (κ1) is 21.2. The Hall–Kier alpha value is -2.70. The molecule has 0 saturated carbocycles. The summed E-state index contributed by atoms with van der Waals surface area (Å²) in [5.41, 5.74) is 7.51. The molecule has 0 spiro atoms. The third-order valence-electron chi connectivity index (χ3n) is 5.63. The highest BCUT2D eigenvalue weighted by Crippen LogP contribution is 2.31. The normalized spacial score (nSPS) is 14.3. The van der Waals surface area contributed by atoms with Gasteiger partial charge in [0, 0.05) is 40.3 Å². The molecule has 2 aromatic carbocycles. The molecule has 0 bridgehead atoms. The first-order valence-corrected chi connectivity index (χ1v) is 12.8. The summed E-state index contributed by atoms with van der Waals surface area (Å²) in [6.45, 7) is 3.27. The maximum absolute atomic E-state index is 4.82. The van der Waals surface area contributed by atoms with E-state index in [2.05, 4.69) is 63.4 Å². The first-order valence-electron chi connectivity index (χ1n) is 11.0. The van der Waals surface area contributed by atoms with Crippen molar-refractivity contribution in [2.75, 3.05) is 21.3 Å².